The number of benzene rings is 3. The maximum Gasteiger partial charge on any atom is 0.243 e. The fourth-order valence-electron chi connectivity index (χ4n) is 6.70. The Hall–Kier alpha value is -3.11. The lowest BCUT2D eigenvalue weighted by atomic mass is 9.90. The molecule has 3 aromatic carbocycles. The van der Waals surface area contributed by atoms with E-state index in [2.05, 4.69) is 0 Å². The number of sulfonamides is 1. The molecule has 2 heterocycles. The number of halogens is 1. The van der Waals surface area contributed by atoms with Crippen LogP contribution in [0.15, 0.2) is 77.7 Å². The number of amides is 1. The fourth-order valence-corrected chi connectivity index (χ4v) is 8.43. The lowest BCUT2D eigenvalue weighted by molar-refractivity contribution is -0.136. The molecule has 3 aromatic rings. The van der Waals surface area contributed by atoms with Crippen molar-refractivity contribution in [3.63, 3.8) is 0 Å². The summed E-state index contributed by atoms with van der Waals surface area (Å²) in [5.74, 6) is 1.67. The van der Waals surface area contributed by atoms with E-state index in [0.29, 0.717) is 55.0 Å². The van der Waals surface area contributed by atoms with E-state index < -0.39 is 16.1 Å². The first-order valence-corrected chi connectivity index (χ1v) is 17.9. The number of nitrogens with zero attached hydrogens (tertiary/aromatic N) is 2. The normalized spacial score (nSPS) is 23.2. The van der Waals surface area contributed by atoms with Crippen LogP contribution in [0, 0.1) is 5.92 Å². The van der Waals surface area contributed by atoms with Crippen LogP contribution in [0.2, 0.25) is 5.02 Å². The van der Waals surface area contributed by atoms with Crippen LogP contribution < -0.4 is 15.2 Å². The maximum absolute atomic E-state index is 14.0. The third-order valence-electron chi connectivity index (χ3n) is 9.30. The van der Waals surface area contributed by atoms with Crippen molar-refractivity contribution in [2.75, 3.05) is 26.2 Å². The summed E-state index contributed by atoms with van der Waals surface area (Å²) in [5, 5.41) is 0.683. The SMILES string of the molecule is N[C@H]1CCN(C(=O)[C@H]2C[C@H](Oc3ccc(-c4ccc(Cl)cc4)cc3)CCN2S(=O)(=O)c2ccc(OCC3CCCCC3)cc2)C1. The number of nitrogens with two attached hydrogens (primary N) is 1. The highest BCUT2D eigenvalue weighted by atomic mass is 35.5. The van der Waals surface area contributed by atoms with Gasteiger partial charge in [0.1, 0.15) is 23.6 Å². The molecule has 2 N–H and O–H groups in total. The second kappa shape index (κ2) is 14.1. The van der Waals surface area contributed by atoms with Gasteiger partial charge in [-0.2, -0.15) is 4.31 Å². The molecule has 1 amide bonds. The van der Waals surface area contributed by atoms with E-state index in [1.54, 1.807) is 29.2 Å². The summed E-state index contributed by atoms with van der Waals surface area (Å²) in [7, 11) is -3.95. The van der Waals surface area contributed by atoms with Crippen molar-refractivity contribution in [2.45, 2.75) is 74.4 Å². The number of hydrogen-bond acceptors (Lipinski definition) is 6. The number of rotatable bonds is 9. The predicted molar refractivity (Wildman–Crippen MR) is 176 cm³/mol. The average molecular weight is 652 g/mol. The molecule has 0 unspecified atom stereocenters. The van der Waals surface area contributed by atoms with Crippen molar-refractivity contribution >= 4 is 27.5 Å². The van der Waals surface area contributed by atoms with E-state index in [1.807, 2.05) is 48.5 Å². The van der Waals surface area contributed by atoms with Crippen molar-refractivity contribution in [3.05, 3.63) is 77.8 Å². The summed E-state index contributed by atoms with van der Waals surface area (Å²) >= 11 is 6.03. The van der Waals surface area contributed by atoms with Crippen LogP contribution in [0.5, 0.6) is 11.5 Å². The molecule has 240 valence electrons. The topological polar surface area (TPSA) is 102 Å². The van der Waals surface area contributed by atoms with Crippen molar-refractivity contribution in [1.82, 2.24) is 9.21 Å². The first kappa shape index (κ1) is 31.9. The van der Waals surface area contributed by atoms with Gasteiger partial charge in [0.2, 0.25) is 15.9 Å². The number of hydrogen-bond donors (Lipinski definition) is 1. The highest BCUT2D eigenvalue weighted by molar-refractivity contribution is 7.89. The van der Waals surface area contributed by atoms with Gasteiger partial charge in [0.25, 0.3) is 0 Å². The number of carbonyl (C=O) groups excluding carboxylic acids is 1. The third kappa shape index (κ3) is 7.65. The third-order valence-corrected chi connectivity index (χ3v) is 11.5. The zero-order chi connectivity index (χ0) is 31.4. The molecule has 45 heavy (non-hydrogen) atoms. The lowest BCUT2D eigenvalue weighted by Gasteiger charge is -2.39. The second-order valence-corrected chi connectivity index (χ2v) is 14.9. The largest absolute Gasteiger partial charge is 0.493 e. The van der Waals surface area contributed by atoms with Crippen LogP contribution in [0.25, 0.3) is 11.1 Å². The van der Waals surface area contributed by atoms with Gasteiger partial charge in [-0.05, 0) is 91.3 Å². The van der Waals surface area contributed by atoms with E-state index in [0.717, 1.165) is 11.1 Å². The summed E-state index contributed by atoms with van der Waals surface area (Å²) < 4.78 is 41.7. The van der Waals surface area contributed by atoms with Gasteiger partial charge in [0.15, 0.2) is 0 Å². The smallest absolute Gasteiger partial charge is 0.243 e. The Bertz CT molecular complexity index is 1540. The van der Waals surface area contributed by atoms with Crippen LogP contribution in [-0.4, -0.2) is 68.0 Å². The van der Waals surface area contributed by atoms with Crippen molar-refractivity contribution in [3.8, 4) is 22.6 Å². The summed E-state index contributed by atoms with van der Waals surface area (Å²) in [6.45, 7) is 1.77. The Labute approximate surface area is 271 Å². The van der Waals surface area contributed by atoms with Gasteiger partial charge in [-0.3, -0.25) is 4.79 Å². The van der Waals surface area contributed by atoms with Gasteiger partial charge in [-0.1, -0.05) is 55.1 Å². The zero-order valence-corrected chi connectivity index (χ0v) is 27.1. The predicted octanol–water partition coefficient (Wildman–Crippen LogP) is 6.13. The molecule has 8 nitrogen and oxygen atoms in total. The molecular formula is C35H42ClN3O5S. The molecule has 1 aliphatic carbocycles. The van der Waals surface area contributed by atoms with Gasteiger partial charge < -0.3 is 20.1 Å². The highest BCUT2D eigenvalue weighted by Crippen LogP contribution is 2.32. The van der Waals surface area contributed by atoms with Crippen molar-refractivity contribution in [1.29, 1.82) is 0 Å². The minimum Gasteiger partial charge on any atom is -0.493 e. The van der Waals surface area contributed by atoms with Crippen LogP contribution in [0.1, 0.15) is 51.4 Å². The first-order valence-electron chi connectivity index (χ1n) is 16.1. The lowest BCUT2D eigenvalue weighted by Crippen LogP contribution is -2.56. The Morgan fingerprint density at radius 3 is 2.11 bits per heavy atom. The van der Waals surface area contributed by atoms with E-state index >= 15 is 0 Å². The first-order chi connectivity index (χ1) is 21.8. The number of carbonyl (C=O) groups is 1. The number of piperidine rings is 1. The van der Waals surface area contributed by atoms with Gasteiger partial charge in [0.05, 0.1) is 11.5 Å². The molecule has 2 saturated heterocycles. The van der Waals surface area contributed by atoms with E-state index in [-0.39, 0.29) is 35.9 Å². The molecule has 3 atom stereocenters. The molecule has 3 fully saturated rings. The fraction of sp³-hybridized carbons (Fsp3) is 0.457. The van der Waals surface area contributed by atoms with Crippen LogP contribution in [0.4, 0.5) is 0 Å². The molecule has 0 aromatic heterocycles. The monoisotopic (exact) mass is 651 g/mol. The molecule has 0 radical (unpaired) electrons. The van der Waals surface area contributed by atoms with Gasteiger partial charge in [-0.25, -0.2) is 8.42 Å². The molecular weight excluding hydrogens is 610 g/mol. The quantitative estimate of drug-likeness (QED) is 0.299. The second-order valence-electron chi connectivity index (χ2n) is 12.5. The summed E-state index contributed by atoms with van der Waals surface area (Å²) in [5.41, 5.74) is 8.19. The molecule has 2 aliphatic heterocycles. The maximum atomic E-state index is 14.0. The molecule has 1 saturated carbocycles. The standard InChI is InChI=1S/C35H42ClN3O5S/c36-28-10-6-26(7-11-28)27-8-12-31(13-9-27)44-32-19-21-39(34(22-32)35(40)38-20-18-29(37)23-38)45(41,42)33-16-14-30(15-17-33)43-24-25-4-2-1-3-5-25/h6-17,25,29,32,34H,1-5,18-24,37H2/t29-,32+,34+/m0/s1. The Balaban J connectivity index is 1.15. The number of ether oxygens (including phenoxy) is 2. The molecule has 6 rings (SSSR count). The minimum atomic E-state index is -3.95. The molecule has 10 heteroatoms. The Morgan fingerprint density at radius 2 is 1.47 bits per heavy atom. The van der Waals surface area contributed by atoms with Gasteiger partial charge in [-0.15, -0.1) is 0 Å². The zero-order valence-electron chi connectivity index (χ0n) is 25.5. The summed E-state index contributed by atoms with van der Waals surface area (Å²) in [4.78, 5) is 15.7. The Kier molecular flexibility index (Phi) is 9.99. The van der Waals surface area contributed by atoms with Crippen molar-refractivity contribution in [2.24, 2.45) is 11.7 Å². The highest BCUT2D eigenvalue weighted by Gasteiger charge is 2.44. The van der Waals surface area contributed by atoms with E-state index in [9.17, 15) is 13.2 Å². The summed E-state index contributed by atoms with van der Waals surface area (Å²) in [6, 6.07) is 21.0. The van der Waals surface area contributed by atoms with Crippen molar-refractivity contribution < 1.29 is 22.7 Å². The number of likely N-dealkylation sites (tertiary alicyclic amines) is 1. The van der Waals surface area contributed by atoms with E-state index in [4.69, 9.17) is 26.8 Å². The van der Waals surface area contributed by atoms with Crippen LogP contribution >= 0.6 is 11.6 Å². The van der Waals surface area contributed by atoms with Gasteiger partial charge in [0, 0.05) is 37.1 Å². The van der Waals surface area contributed by atoms with E-state index in [1.165, 1.54) is 36.4 Å². The van der Waals surface area contributed by atoms with Crippen LogP contribution in [-0.2, 0) is 14.8 Å². The molecule has 0 bridgehead atoms. The average Bonchev–Trinajstić information content (AvgIpc) is 3.51. The summed E-state index contributed by atoms with van der Waals surface area (Å²) in [6.07, 6.45) is 7.23. The van der Waals surface area contributed by atoms with Crippen LogP contribution in [0.3, 0.4) is 0 Å². The Morgan fingerprint density at radius 1 is 0.822 bits per heavy atom. The molecule has 0 spiro atoms. The molecule has 3 aliphatic rings. The van der Waals surface area contributed by atoms with Gasteiger partial charge >= 0.3 is 0 Å². The minimum absolute atomic E-state index is 0.102.